The van der Waals surface area contributed by atoms with Gasteiger partial charge in [0.1, 0.15) is 5.60 Å². The Labute approximate surface area is 175 Å². The molecule has 0 aromatic heterocycles. The summed E-state index contributed by atoms with van der Waals surface area (Å²) in [6.45, 7) is 10.7. The number of guanidine groups is 1. The van der Waals surface area contributed by atoms with Crippen LogP contribution in [0.3, 0.4) is 0 Å². The minimum atomic E-state index is -0.430. The number of rotatable bonds is 4. The van der Waals surface area contributed by atoms with Crippen LogP contribution in [0.1, 0.15) is 46.5 Å². The van der Waals surface area contributed by atoms with Crippen molar-refractivity contribution in [3.8, 4) is 0 Å². The number of aliphatic imine (C=N–C) groups is 1. The van der Waals surface area contributed by atoms with Crippen molar-refractivity contribution in [3.05, 3.63) is 0 Å². The number of hydrogen-bond donors (Lipinski definition) is 2. The zero-order chi connectivity index (χ0) is 18.3. The molecular formula is C18H36IN5O2. The highest BCUT2D eigenvalue weighted by atomic mass is 127. The first-order valence-corrected chi connectivity index (χ1v) is 9.55. The van der Waals surface area contributed by atoms with E-state index in [2.05, 4.69) is 20.5 Å². The highest BCUT2D eigenvalue weighted by Crippen LogP contribution is 2.17. The van der Waals surface area contributed by atoms with E-state index in [0.29, 0.717) is 6.04 Å². The van der Waals surface area contributed by atoms with E-state index in [-0.39, 0.29) is 30.1 Å². The number of carbonyl (C=O) groups excluding carboxylic acids is 1. The van der Waals surface area contributed by atoms with Crippen molar-refractivity contribution in [2.24, 2.45) is 4.99 Å². The molecule has 1 saturated carbocycles. The molecule has 1 saturated heterocycles. The predicted molar refractivity (Wildman–Crippen MR) is 116 cm³/mol. The molecule has 0 aromatic rings. The average Bonchev–Trinajstić information content (AvgIpc) is 3.06. The Morgan fingerprint density at radius 2 is 1.77 bits per heavy atom. The molecule has 1 aliphatic carbocycles. The Morgan fingerprint density at radius 3 is 2.31 bits per heavy atom. The molecule has 0 aromatic carbocycles. The van der Waals surface area contributed by atoms with Gasteiger partial charge in [-0.3, -0.25) is 9.89 Å². The fourth-order valence-corrected chi connectivity index (χ4v) is 3.27. The van der Waals surface area contributed by atoms with Crippen LogP contribution in [0.25, 0.3) is 0 Å². The summed E-state index contributed by atoms with van der Waals surface area (Å²) in [5.41, 5.74) is -0.430. The van der Waals surface area contributed by atoms with Crippen LogP contribution in [0.2, 0.25) is 0 Å². The lowest BCUT2D eigenvalue weighted by Crippen LogP contribution is -2.52. The van der Waals surface area contributed by atoms with E-state index in [1.54, 1.807) is 4.90 Å². The van der Waals surface area contributed by atoms with Crippen molar-refractivity contribution in [1.82, 2.24) is 20.4 Å². The van der Waals surface area contributed by atoms with E-state index in [0.717, 1.165) is 45.2 Å². The molecule has 1 aliphatic heterocycles. The zero-order valence-electron chi connectivity index (χ0n) is 16.7. The number of ether oxygens (including phenoxy) is 1. The van der Waals surface area contributed by atoms with Gasteiger partial charge in [-0.2, -0.15) is 0 Å². The Hall–Kier alpha value is -0.770. The lowest BCUT2D eigenvalue weighted by Gasteiger charge is -2.35. The summed E-state index contributed by atoms with van der Waals surface area (Å²) < 4.78 is 5.43. The summed E-state index contributed by atoms with van der Waals surface area (Å²) in [6, 6.07) is 0.573. The fraction of sp³-hybridized carbons (Fsp3) is 0.889. The van der Waals surface area contributed by atoms with Gasteiger partial charge in [0.25, 0.3) is 0 Å². The lowest BCUT2D eigenvalue weighted by atomic mass is 10.2. The normalized spacial score (nSPS) is 19.8. The third-order valence-corrected chi connectivity index (χ3v) is 4.66. The van der Waals surface area contributed by atoms with Crippen molar-refractivity contribution < 1.29 is 9.53 Å². The van der Waals surface area contributed by atoms with Gasteiger partial charge < -0.3 is 20.3 Å². The van der Waals surface area contributed by atoms with Gasteiger partial charge in [-0.15, -0.1) is 24.0 Å². The predicted octanol–water partition coefficient (Wildman–Crippen LogP) is 2.26. The van der Waals surface area contributed by atoms with Crippen LogP contribution in [0.5, 0.6) is 0 Å². The molecule has 0 radical (unpaired) electrons. The molecule has 8 heteroatoms. The summed E-state index contributed by atoms with van der Waals surface area (Å²) >= 11 is 0. The molecule has 7 nitrogen and oxygen atoms in total. The maximum Gasteiger partial charge on any atom is 0.410 e. The first-order valence-electron chi connectivity index (χ1n) is 9.55. The molecule has 2 N–H and O–H groups in total. The minimum Gasteiger partial charge on any atom is -0.444 e. The minimum absolute atomic E-state index is 0. The van der Waals surface area contributed by atoms with Crippen molar-refractivity contribution in [2.45, 2.75) is 58.1 Å². The Kier molecular flexibility index (Phi) is 9.99. The molecule has 2 fully saturated rings. The van der Waals surface area contributed by atoms with Gasteiger partial charge in [0.2, 0.25) is 0 Å². The first-order chi connectivity index (χ1) is 11.9. The van der Waals surface area contributed by atoms with E-state index in [1.165, 1.54) is 25.7 Å². The summed E-state index contributed by atoms with van der Waals surface area (Å²) in [6.07, 6.45) is 4.92. The third kappa shape index (κ3) is 8.28. The SMILES string of the molecule is CN=C(NCCN1CCN(C(=O)OC(C)(C)C)CC1)NC1CCCC1.I. The molecule has 0 bridgehead atoms. The molecule has 26 heavy (non-hydrogen) atoms. The smallest absolute Gasteiger partial charge is 0.410 e. The monoisotopic (exact) mass is 481 g/mol. The van der Waals surface area contributed by atoms with Gasteiger partial charge in [-0.1, -0.05) is 12.8 Å². The number of amides is 1. The van der Waals surface area contributed by atoms with Crippen molar-refractivity contribution in [3.63, 3.8) is 0 Å². The molecule has 1 amide bonds. The van der Waals surface area contributed by atoms with Crippen LogP contribution in [-0.4, -0.2) is 79.8 Å². The molecule has 2 aliphatic rings. The zero-order valence-corrected chi connectivity index (χ0v) is 19.0. The average molecular weight is 481 g/mol. The molecular weight excluding hydrogens is 445 g/mol. The van der Waals surface area contributed by atoms with Crippen molar-refractivity contribution in [2.75, 3.05) is 46.3 Å². The Balaban J connectivity index is 0.00000338. The van der Waals surface area contributed by atoms with Crippen molar-refractivity contribution in [1.29, 1.82) is 0 Å². The summed E-state index contributed by atoms with van der Waals surface area (Å²) in [5, 5.41) is 6.90. The van der Waals surface area contributed by atoms with E-state index in [9.17, 15) is 4.79 Å². The standard InChI is InChI=1S/C18H35N5O2.HI/c1-18(2,3)25-17(24)23-13-11-22(12-14-23)10-9-20-16(19-4)21-15-7-5-6-8-15;/h15H,5-14H2,1-4H3,(H2,19,20,21);1H. The van der Waals surface area contributed by atoms with Crippen LogP contribution in [0.15, 0.2) is 4.99 Å². The molecule has 0 spiro atoms. The van der Waals surface area contributed by atoms with E-state index in [4.69, 9.17) is 4.74 Å². The van der Waals surface area contributed by atoms with Crippen molar-refractivity contribution >= 4 is 36.0 Å². The number of hydrogen-bond acceptors (Lipinski definition) is 4. The van der Waals surface area contributed by atoms with E-state index in [1.807, 2.05) is 27.8 Å². The molecule has 2 rings (SSSR count). The quantitative estimate of drug-likeness (QED) is 0.367. The van der Waals surface area contributed by atoms with Gasteiger partial charge in [0.15, 0.2) is 5.96 Å². The van der Waals surface area contributed by atoms with E-state index >= 15 is 0 Å². The number of carbonyl (C=O) groups is 1. The summed E-state index contributed by atoms with van der Waals surface area (Å²) in [5.74, 6) is 0.902. The number of halogens is 1. The maximum absolute atomic E-state index is 12.1. The van der Waals surface area contributed by atoms with Crippen LogP contribution in [0.4, 0.5) is 4.79 Å². The Morgan fingerprint density at radius 1 is 1.15 bits per heavy atom. The molecule has 0 atom stereocenters. The maximum atomic E-state index is 12.1. The van der Waals surface area contributed by atoms with E-state index < -0.39 is 5.60 Å². The fourth-order valence-electron chi connectivity index (χ4n) is 3.27. The van der Waals surface area contributed by atoms with Gasteiger partial charge in [0, 0.05) is 52.4 Å². The molecule has 152 valence electrons. The largest absolute Gasteiger partial charge is 0.444 e. The van der Waals surface area contributed by atoms with Crippen LogP contribution in [0, 0.1) is 0 Å². The third-order valence-electron chi connectivity index (χ3n) is 4.66. The lowest BCUT2D eigenvalue weighted by molar-refractivity contribution is 0.0147. The second kappa shape index (κ2) is 11.2. The topological polar surface area (TPSA) is 69.2 Å². The Bertz CT molecular complexity index is 453. The summed E-state index contributed by atoms with van der Waals surface area (Å²) in [4.78, 5) is 20.6. The first kappa shape index (κ1) is 23.3. The number of nitrogens with zero attached hydrogens (tertiary/aromatic N) is 3. The number of piperazine rings is 1. The molecule has 1 heterocycles. The van der Waals surface area contributed by atoms with Gasteiger partial charge in [-0.05, 0) is 33.6 Å². The van der Waals surface area contributed by atoms with Gasteiger partial charge in [-0.25, -0.2) is 4.79 Å². The van der Waals surface area contributed by atoms with Crippen LogP contribution < -0.4 is 10.6 Å². The second-order valence-electron chi connectivity index (χ2n) is 7.93. The highest BCUT2D eigenvalue weighted by molar-refractivity contribution is 14.0. The van der Waals surface area contributed by atoms with Gasteiger partial charge in [0.05, 0.1) is 0 Å². The molecule has 0 unspecified atom stereocenters. The van der Waals surface area contributed by atoms with Gasteiger partial charge >= 0.3 is 6.09 Å². The second-order valence-corrected chi connectivity index (χ2v) is 7.93. The summed E-state index contributed by atoms with van der Waals surface area (Å²) in [7, 11) is 1.82. The highest BCUT2D eigenvalue weighted by Gasteiger charge is 2.25. The number of nitrogens with one attached hydrogen (secondary N) is 2. The van der Waals surface area contributed by atoms with Crippen LogP contribution in [-0.2, 0) is 4.74 Å². The van der Waals surface area contributed by atoms with Crippen LogP contribution >= 0.6 is 24.0 Å².